The van der Waals surface area contributed by atoms with Gasteiger partial charge in [-0.25, -0.2) is 0 Å². The zero-order valence-electron chi connectivity index (χ0n) is 15.7. The zero-order chi connectivity index (χ0) is 20.8. The second-order valence-electron chi connectivity index (χ2n) is 6.54. The normalized spacial score (nSPS) is 13.1. The van der Waals surface area contributed by atoms with Gasteiger partial charge in [-0.3, -0.25) is 0 Å². The van der Waals surface area contributed by atoms with Crippen LogP contribution >= 0.6 is 0 Å². The fraction of sp³-hybridized carbons (Fsp3) is 0.350. The SMILES string of the molecule is COc1ccc(NC(=O)C([Se]c2ccccc2)C(C)(C)OCC(F)(F)F)cc1. The number of rotatable bonds is 8. The van der Waals surface area contributed by atoms with Gasteiger partial charge in [0.15, 0.2) is 0 Å². The molecule has 1 unspecified atom stereocenters. The molecule has 0 aliphatic carbocycles. The van der Waals surface area contributed by atoms with Gasteiger partial charge in [0, 0.05) is 0 Å². The summed E-state index contributed by atoms with van der Waals surface area (Å²) in [6, 6.07) is 16.0. The van der Waals surface area contributed by atoms with E-state index in [9.17, 15) is 18.0 Å². The first-order valence-electron chi connectivity index (χ1n) is 8.48. The second kappa shape index (κ2) is 9.45. The predicted molar refractivity (Wildman–Crippen MR) is 103 cm³/mol. The van der Waals surface area contributed by atoms with Gasteiger partial charge in [0.2, 0.25) is 0 Å². The maximum absolute atomic E-state index is 13.0. The zero-order valence-corrected chi connectivity index (χ0v) is 17.5. The molecule has 1 amide bonds. The molecule has 1 N–H and O–H groups in total. The second-order valence-corrected chi connectivity index (χ2v) is 9.01. The van der Waals surface area contributed by atoms with Gasteiger partial charge in [0.25, 0.3) is 0 Å². The van der Waals surface area contributed by atoms with E-state index in [1.165, 1.54) is 21.0 Å². The molecule has 0 heterocycles. The molecule has 1 atom stereocenters. The number of hydrogen-bond donors (Lipinski definition) is 1. The van der Waals surface area contributed by atoms with E-state index in [1.807, 2.05) is 30.3 Å². The van der Waals surface area contributed by atoms with Crippen LogP contribution in [0.2, 0.25) is 4.82 Å². The van der Waals surface area contributed by atoms with Gasteiger partial charge in [0.05, 0.1) is 0 Å². The standard InChI is InChI=1S/C20H22F3NO3Se/c1-19(2,27-13-20(21,22)23)17(28-16-7-5-4-6-8-16)18(25)24-14-9-11-15(26-3)12-10-14/h4-12,17H,13H2,1-3H3,(H,24,25). The average Bonchev–Trinajstić information content (AvgIpc) is 2.65. The molecule has 0 radical (unpaired) electrons. The Morgan fingerprint density at radius 3 is 2.21 bits per heavy atom. The molecule has 4 nitrogen and oxygen atoms in total. The van der Waals surface area contributed by atoms with Crippen LogP contribution in [0.15, 0.2) is 54.6 Å². The molecule has 28 heavy (non-hydrogen) atoms. The van der Waals surface area contributed by atoms with Gasteiger partial charge in [0.1, 0.15) is 0 Å². The number of amides is 1. The van der Waals surface area contributed by atoms with E-state index in [-0.39, 0.29) is 5.91 Å². The number of benzene rings is 2. The number of halogens is 3. The maximum atomic E-state index is 13.0. The summed E-state index contributed by atoms with van der Waals surface area (Å²) >= 11 is -0.438. The van der Waals surface area contributed by atoms with E-state index < -0.39 is 38.2 Å². The molecule has 152 valence electrons. The number of methoxy groups -OCH3 is 1. The van der Waals surface area contributed by atoms with E-state index in [4.69, 9.17) is 9.47 Å². The molecule has 0 fully saturated rings. The van der Waals surface area contributed by atoms with Crippen molar-refractivity contribution in [3.8, 4) is 5.75 Å². The van der Waals surface area contributed by atoms with Gasteiger partial charge < -0.3 is 0 Å². The number of anilines is 1. The first kappa shape index (κ1) is 22.3. The Morgan fingerprint density at radius 2 is 1.68 bits per heavy atom. The molecule has 0 aliphatic rings. The van der Waals surface area contributed by atoms with Crippen LogP contribution in [0, 0.1) is 0 Å². The fourth-order valence-electron chi connectivity index (χ4n) is 2.37. The van der Waals surface area contributed by atoms with Crippen molar-refractivity contribution < 1.29 is 27.4 Å². The first-order chi connectivity index (χ1) is 13.1. The minimum absolute atomic E-state index is 0.388. The summed E-state index contributed by atoms with van der Waals surface area (Å²) in [5.74, 6) is 0.248. The molecule has 8 heteroatoms. The molecule has 2 rings (SSSR count). The van der Waals surface area contributed by atoms with Crippen molar-refractivity contribution in [1.82, 2.24) is 0 Å². The summed E-state index contributed by atoms with van der Waals surface area (Å²) in [6.45, 7) is 1.63. The van der Waals surface area contributed by atoms with E-state index >= 15 is 0 Å². The van der Waals surface area contributed by atoms with Crippen LogP contribution in [0.5, 0.6) is 5.75 Å². The Labute approximate surface area is 168 Å². The summed E-state index contributed by atoms with van der Waals surface area (Å²) in [5.41, 5.74) is -0.770. The number of hydrogen-bond acceptors (Lipinski definition) is 3. The molecule has 0 spiro atoms. The van der Waals surface area contributed by atoms with Crippen molar-refractivity contribution in [2.75, 3.05) is 19.0 Å². The molecule has 0 saturated carbocycles. The number of ether oxygens (including phenoxy) is 2. The third kappa shape index (κ3) is 6.85. The van der Waals surface area contributed by atoms with E-state index in [2.05, 4.69) is 5.32 Å². The molecule has 0 saturated heterocycles. The molecule has 2 aromatic rings. The van der Waals surface area contributed by atoms with Crippen LogP contribution in [0.25, 0.3) is 0 Å². The van der Waals surface area contributed by atoms with Crippen molar-refractivity contribution in [2.24, 2.45) is 0 Å². The summed E-state index contributed by atoms with van der Waals surface area (Å²) < 4.78 is 49.1. The Bertz CT molecular complexity index is 765. The predicted octanol–water partition coefficient (Wildman–Crippen LogP) is 3.81. The third-order valence-corrected chi connectivity index (χ3v) is 7.11. The number of carbonyl (C=O) groups excluding carboxylic acids is 1. The van der Waals surface area contributed by atoms with Crippen molar-refractivity contribution in [1.29, 1.82) is 0 Å². The van der Waals surface area contributed by atoms with Crippen LogP contribution in [0.3, 0.4) is 0 Å². The number of alkyl halides is 3. The van der Waals surface area contributed by atoms with Crippen LogP contribution in [-0.2, 0) is 9.53 Å². The summed E-state index contributed by atoms with van der Waals surface area (Å²) in [5, 5.41) is 2.78. The Morgan fingerprint density at radius 1 is 1.07 bits per heavy atom. The summed E-state index contributed by atoms with van der Waals surface area (Å²) in [4.78, 5) is 12.2. The Hall–Kier alpha value is -2.02. The Kier molecular flexibility index (Phi) is 7.52. The van der Waals surface area contributed by atoms with Crippen LogP contribution < -0.4 is 14.5 Å². The van der Waals surface area contributed by atoms with Crippen LogP contribution in [0.1, 0.15) is 13.8 Å². The van der Waals surface area contributed by atoms with Crippen molar-refractivity contribution in [2.45, 2.75) is 30.4 Å². The van der Waals surface area contributed by atoms with E-state index in [0.29, 0.717) is 11.4 Å². The van der Waals surface area contributed by atoms with Crippen molar-refractivity contribution in [3.05, 3.63) is 54.6 Å². The van der Waals surface area contributed by atoms with E-state index in [1.54, 1.807) is 24.3 Å². The van der Waals surface area contributed by atoms with E-state index in [0.717, 1.165) is 4.46 Å². The third-order valence-electron chi connectivity index (χ3n) is 3.83. The molecule has 2 aromatic carbocycles. The molecular formula is C20H22F3NO3Se. The topological polar surface area (TPSA) is 47.6 Å². The minimum atomic E-state index is -4.46. The van der Waals surface area contributed by atoms with Gasteiger partial charge >= 0.3 is 168 Å². The molecule has 0 aromatic heterocycles. The molecular weight excluding hydrogens is 438 g/mol. The van der Waals surface area contributed by atoms with Crippen LogP contribution in [-0.4, -0.2) is 46.4 Å². The number of carbonyl (C=O) groups is 1. The van der Waals surface area contributed by atoms with Crippen LogP contribution in [0.4, 0.5) is 18.9 Å². The van der Waals surface area contributed by atoms with Crippen molar-refractivity contribution >= 4 is 31.0 Å². The van der Waals surface area contributed by atoms with Gasteiger partial charge in [-0.2, -0.15) is 0 Å². The van der Waals surface area contributed by atoms with Gasteiger partial charge in [-0.15, -0.1) is 0 Å². The van der Waals surface area contributed by atoms with Gasteiger partial charge in [-0.1, -0.05) is 0 Å². The quantitative estimate of drug-likeness (QED) is 0.610. The fourth-order valence-corrected chi connectivity index (χ4v) is 4.69. The Balaban J connectivity index is 2.21. The summed E-state index contributed by atoms with van der Waals surface area (Å²) in [7, 11) is 1.53. The molecule has 0 bridgehead atoms. The van der Waals surface area contributed by atoms with Gasteiger partial charge in [-0.05, 0) is 0 Å². The first-order valence-corrected chi connectivity index (χ1v) is 10.3. The van der Waals surface area contributed by atoms with Crippen molar-refractivity contribution in [3.63, 3.8) is 0 Å². The average molecular weight is 460 g/mol. The monoisotopic (exact) mass is 461 g/mol. The molecule has 0 aliphatic heterocycles. The summed E-state index contributed by atoms with van der Waals surface area (Å²) in [6.07, 6.45) is -4.46. The number of nitrogens with one attached hydrogen (secondary N) is 1.